The van der Waals surface area contributed by atoms with Gasteiger partial charge < -0.3 is 19.6 Å². The van der Waals surface area contributed by atoms with Crippen LogP contribution in [0.1, 0.15) is 46.5 Å². The van der Waals surface area contributed by atoms with Crippen molar-refractivity contribution < 1.29 is 13.9 Å². The van der Waals surface area contributed by atoms with Crippen LogP contribution in [0.5, 0.6) is 0 Å². The summed E-state index contributed by atoms with van der Waals surface area (Å²) in [5.41, 5.74) is 7.90. The van der Waals surface area contributed by atoms with E-state index in [1.165, 1.54) is 0 Å². The van der Waals surface area contributed by atoms with Crippen molar-refractivity contribution in [3.05, 3.63) is 23.7 Å². The van der Waals surface area contributed by atoms with Crippen LogP contribution in [0, 0.1) is 6.92 Å². The predicted octanol–water partition coefficient (Wildman–Crippen LogP) is 3.74. The van der Waals surface area contributed by atoms with Gasteiger partial charge in [-0.2, -0.15) is 5.10 Å². The van der Waals surface area contributed by atoms with Crippen LogP contribution in [0.2, 0.25) is 18.1 Å². The molecule has 0 saturated carbocycles. The van der Waals surface area contributed by atoms with Gasteiger partial charge in [0, 0.05) is 0 Å². The van der Waals surface area contributed by atoms with Gasteiger partial charge in [-0.25, -0.2) is 14.6 Å². The maximum Gasteiger partial charge on any atom is 0.192 e. The zero-order chi connectivity index (χ0) is 22.1. The minimum atomic E-state index is -1.90. The molecule has 0 spiro atoms. The van der Waals surface area contributed by atoms with Gasteiger partial charge in [0.2, 0.25) is 0 Å². The number of aryl methyl sites for hydroxylation is 1. The molecule has 4 rings (SSSR count). The first kappa shape index (κ1) is 21.4. The van der Waals surface area contributed by atoms with Crippen molar-refractivity contribution in [1.29, 1.82) is 0 Å². The molecule has 0 bridgehead atoms. The average molecular weight is 432 g/mol. The summed E-state index contributed by atoms with van der Waals surface area (Å²) in [6.07, 6.45) is 3.52. The summed E-state index contributed by atoms with van der Waals surface area (Å²) < 4.78 is 20.9. The van der Waals surface area contributed by atoms with E-state index in [9.17, 15) is 0 Å². The molecule has 3 heterocycles. The zero-order valence-electron chi connectivity index (χ0n) is 19.2. The Morgan fingerprint density at radius 1 is 1.23 bits per heavy atom. The summed E-state index contributed by atoms with van der Waals surface area (Å²) >= 11 is 0. The van der Waals surface area contributed by atoms with Gasteiger partial charge in [-0.15, -0.1) is 0 Å². The van der Waals surface area contributed by atoms with Gasteiger partial charge in [-0.1, -0.05) is 26.8 Å². The number of fused-ring (bicyclic) bond motifs is 2. The Balaban J connectivity index is 1.70. The molecule has 1 aliphatic heterocycles. The number of aromatic nitrogens is 4. The van der Waals surface area contributed by atoms with Crippen molar-refractivity contribution in [1.82, 2.24) is 19.7 Å². The highest BCUT2D eigenvalue weighted by atomic mass is 28.4. The summed E-state index contributed by atoms with van der Waals surface area (Å²) in [7, 11) is -1.90. The molecule has 0 radical (unpaired) electrons. The molecular weight excluding hydrogens is 398 g/mol. The Bertz CT molecular complexity index is 1010. The lowest BCUT2D eigenvalue weighted by molar-refractivity contribution is -0.148. The van der Waals surface area contributed by atoms with Gasteiger partial charge in [0.25, 0.3) is 0 Å². The van der Waals surface area contributed by atoms with E-state index < -0.39 is 14.1 Å². The highest BCUT2D eigenvalue weighted by Gasteiger charge is 2.51. The fraction of sp³-hybridized carbons (Fsp3) is 0.667. The molecule has 2 aromatic heterocycles. The van der Waals surface area contributed by atoms with Crippen LogP contribution in [0.15, 0.2) is 17.8 Å². The fourth-order valence-corrected chi connectivity index (χ4v) is 4.79. The van der Waals surface area contributed by atoms with Crippen molar-refractivity contribution in [2.75, 3.05) is 12.3 Å². The number of anilines is 1. The number of nitrogen functional groups attached to an aromatic ring is 1. The Morgan fingerprint density at radius 2 is 1.93 bits per heavy atom. The number of rotatable bonds is 4. The Kier molecular flexibility index (Phi) is 4.89. The number of hydrogen-bond donors (Lipinski definition) is 1. The van der Waals surface area contributed by atoms with Crippen molar-refractivity contribution in [2.45, 2.75) is 83.7 Å². The standard InChI is InChI=1S/C21H33N5O3Si/c1-12-24-18(22)14-10-23-26(19(14)25-12)15-9-13(11-27-30(7,8)20(2,3)4)16-17(15)29-21(5,6)28-16/h9-10,15-17H,11H2,1-8H3,(H2,22,24,25)/t15-,16-,17+/m1/s1. The van der Waals surface area contributed by atoms with E-state index in [2.05, 4.69) is 55.0 Å². The number of ether oxygens (including phenoxy) is 2. The smallest absolute Gasteiger partial charge is 0.192 e. The van der Waals surface area contributed by atoms with Crippen LogP contribution in [0.3, 0.4) is 0 Å². The van der Waals surface area contributed by atoms with E-state index in [4.69, 9.17) is 19.6 Å². The van der Waals surface area contributed by atoms with Crippen molar-refractivity contribution in [3.63, 3.8) is 0 Å². The summed E-state index contributed by atoms with van der Waals surface area (Å²) in [4.78, 5) is 8.85. The molecule has 0 amide bonds. The topological polar surface area (TPSA) is 97.3 Å². The third-order valence-electron chi connectivity index (χ3n) is 6.50. The largest absolute Gasteiger partial charge is 0.413 e. The highest BCUT2D eigenvalue weighted by molar-refractivity contribution is 6.74. The normalized spacial score (nSPS) is 26.3. The van der Waals surface area contributed by atoms with Gasteiger partial charge in [-0.05, 0) is 44.5 Å². The molecule has 1 aliphatic carbocycles. The second kappa shape index (κ2) is 6.85. The molecule has 0 unspecified atom stereocenters. The Morgan fingerprint density at radius 3 is 2.60 bits per heavy atom. The first-order chi connectivity index (χ1) is 13.8. The molecule has 0 aromatic carbocycles. The van der Waals surface area contributed by atoms with E-state index in [0.717, 1.165) is 11.0 Å². The Labute approximate surface area is 178 Å². The fourth-order valence-electron chi connectivity index (χ4n) is 3.83. The van der Waals surface area contributed by atoms with E-state index in [-0.39, 0.29) is 23.3 Å². The van der Waals surface area contributed by atoms with E-state index in [1.807, 2.05) is 25.5 Å². The monoisotopic (exact) mass is 431 g/mol. The van der Waals surface area contributed by atoms with Crippen LogP contribution < -0.4 is 5.73 Å². The molecule has 164 valence electrons. The first-order valence-electron chi connectivity index (χ1n) is 10.5. The van der Waals surface area contributed by atoms with Crippen molar-refractivity contribution in [2.24, 2.45) is 0 Å². The van der Waals surface area contributed by atoms with Gasteiger partial charge in [0.05, 0.1) is 18.2 Å². The van der Waals surface area contributed by atoms with Gasteiger partial charge in [0.15, 0.2) is 19.8 Å². The minimum absolute atomic E-state index is 0.140. The lowest BCUT2D eigenvalue weighted by atomic mass is 10.1. The van der Waals surface area contributed by atoms with Crippen LogP contribution >= 0.6 is 0 Å². The van der Waals surface area contributed by atoms with Crippen LogP contribution in [-0.4, -0.2) is 52.7 Å². The molecule has 3 atom stereocenters. The van der Waals surface area contributed by atoms with Crippen LogP contribution in [-0.2, 0) is 13.9 Å². The average Bonchev–Trinajstić information content (AvgIpc) is 3.23. The summed E-state index contributed by atoms with van der Waals surface area (Å²) in [5, 5.41) is 5.48. The molecule has 2 aromatic rings. The highest BCUT2D eigenvalue weighted by Crippen LogP contribution is 2.45. The molecule has 1 saturated heterocycles. The third-order valence-corrected chi connectivity index (χ3v) is 11.0. The lowest BCUT2D eigenvalue weighted by Gasteiger charge is -2.36. The summed E-state index contributed by atoms with van der Waals surface area (Å²) in [6, 6.07) is -0.152. The minimum Gasteiger partial charge on any atom is -0.413 e. The number of hydrogen-bond acceptors (Lipinski definition) is 7. The molecule has 2 N–H and O–H groups in total. The molecule has 9 heteroatoms. The molecule has 8 nitrogen and oxygen atoms in total. The van der Waals surface area contributed by atoms with E-state index in [1.54, 1.807) is 6.20 Å². The van der Waals surface area contributed by atoms with Gasteiger partial charge >= 0.3 is 0 Å². The van der Waals surface area contributed by atoms with E-state index in [0.29, 0.717) is 23.9 Å². The second-order valence-corrected chi connectivity index (χ2v) is 15.1. The summed E-state index contributed by atoms with van der Waals surface area (Å²) in [5.74, 6) is 0.384. The maximum atomic E-state index is 6.51. The first-order valence-corrected chi connectivity index (χ1v) is 13.4. The number of nitrogens with zero attached hydrogens (tertiary/aromatic N) is 4. The SMILES string of the molecule is Cc1nc(N)c2cnn([C@@H]3C=C(CO[Si](C)(C)C(C)(C)C)[C@H]4OC(C)(C)O[C@H]43)c2n1. The van der Waals surface area contributed by atoms with Gasteiger partial charge in [0.1, 0.15) is 29.9 Å². The van der Waals surface area contributed by atoms with E-state index >= 15 is 0 Å². The van der Waals surface area contributed by atoms with Crippen molar-refractivity contribution in [3.8, 4) is 0 Å². The zero-order valence-corrected chi connectivity index (χ0v) is 20.2. The third kappa shape index (κ3) is 3.57. The van der Waals surface area contributed by atoms with Gasteiger partial charge in [-0.3, -0.25) is 0 Å². The molecular formula is C21H33N5O3Si. The molecule has 2 aliphatic rings. The predicted molar refractivity (Wildman–Crippen MR) is 119 cm³/mol. The molecule has 1 fully saturated rings. The quantitative estimate of drug-likeness (QED) is 0.582. The second-order valence-electron chi connectivity index (χ2n) is 10.3. The maximum absolute atomic E-state index is 6.51. The van der Waals surface area contributed by atoms with Crippen LogP contribution in [0.4, 0.5) is 5.82 Å². The molecule has 30 heavy (non-hydrogen) atoms. The van der Waals surface area contributed by atoms with Crippen molar-refractivity contribution >= 4 is 25.2 Å². The van der Waals surface area contributed by atoms with Crippen LogP contribution in [0.25, 0.3) is 11.0 Å². The number of nitrogens with two attached hydrogens (primary N) is 1. The summed E-state index contributed by atoms with van der Waals surface area (Å²) in [6.45, 7) is 17.5. The lowest BCUT2D eigenvalue weighted by Crippen LogP contribution is -2.41. The Hall–Kier alpha value is -1.81.